The average Bonchev–Trinajstić information content (AvgIpc) is 3.25. The quantitative estimate of drug-likeness (QED) is 0.575. The van der Waals surface area contributed by atoms with Gasteiger partial charge in [-0.05, 0) is 31.4 Å². The summed E-state index contributed by atoms with van der Waals surface area (Å²) in [5.74, 6) is 0.439. The molecule has 4 aromatic rings. The minimum Gasteiger partial charge on any atom is -0.381 e. The van der Waals surface area contributed by atoms with Crippen LogP contribution >= 0.6 is 0 Å². The van der Waals surface area contributed by atoms with Crippen LogP contribution in [0.15, 0.2) is 29.6 Å². The Labute approximate surface area is 159 Å². The van der Waals surface area contributed by atoms with Crippen LogP contribution in [0, 0.1) is 6.92 Å². The second-order valence-electron chi connectivity index (χ2n) is 7.05. The van der Waals surface area contributed by atoms with Crippen molar-refractivity contribution < 1.29 is 4.74 Å². The zero-order valence-electron chi connectivity index (χ0n) is 15.7. The number of nitrogens with one attached hydrogen (secondary N) is 1. The maximum Gasteiger partial charge on any atom is 0.330 e. The summed E-state index contributed by atoms with van der Waals surface area (Å²) in [5, 5.41) is 11.2. The highest BCUT2D eigenvalue weighted by Crippen LogP contribution is 2.25. The number of hydrogen-bond donors (Lipinski definition) is 1. The molecule has 28 heavy (non-hydrogen) atoms. The van der Waals surface area contributed by atoms with Crippen LogP contribution in [0.3, 0.4) is 0 Å². The molecule has 0 amide bonds. The van der Waals surface area contributed by atoms with Gasteiger partial charge in [-0.1, -0.05) is 0 Å². The molecule has 1 N–H and O–H groups in total. The maximum atomic E-state index is 12.8. The van der Waals surface area contributed by atoms with Crippen molar-refractivity contribution in [1.82, 2.24) is 33.7 Å². The zero-order chi connectivity index (χ0) is 19.3. The molecular weight excluding hydrogens is 360 g/mol. The van der Waals surface area contributed by atoms with Crippen molar-refractivity contribution >= 4 is 28.4 Å². The lowest BCUT2D eigenvalue weighted by Gasteiger charge is -2.22. The molecule has 1 aliphatic heterocycles. The summed E-state index contributed by atoms with van der Waals surface area (Å²) in [6, 6.07) is 2.02. The minimum atomic E-state index is -0.0737. The van der Waals surface area contributed by atoms with Crippen LogP contribution in [0.25, 0.3) is 16.8 Å². The highest BCUT2D eigenvalue weighted by molar-refractivity contribution is 5.73. The van der Waals surface area contributed by atoms with E-state index in [1.165, 1.54) is 0 Å². The fourth-order valence-corrected chi connectivity index (χ4v) is 3.69. The Morgan fingerprint density at radius 1 is 1.29 bits per heavy atom. The van der Waals surface area contributed by atoms with E-state index in [-0.39, 0.29) is 11.7 Å². The fraction of sp³-hybridized carbons (Fsp3) is 0.389. The Balaban J connectivity index is 1.58. The maximum absolute atomic E-state index is 12.8. The molecule has 5 rings (SSSR count). The van der Waals surface area contributed by atoms with Gasteiger partial charge in [0.15, 0.2) is 11.3 Å². The molecule has 0 unspecified atom stereocenters. The lowest BCUT2D eigenvalue weighted by atomic mass is 10.1. The number of pyridine rings is 1. The first-order valence-corrected chi connectivity index (χ1v) is 9.20. The third kappa shape index (κ3) is 2.64. The van der Waals surface area contributed by atoms with Crippen molar-refractivity contribution in [3.05, 3.63) is 40.8 Å². The molecule has 1 saturated heterocycles. The Morgan fingerprint density at radius 3 is 2.93 bits per heavy atom. The first-order valence-electron chi connectivity index (χ1n) is 9.20. The minimum absolute atomic E-state index is 0.0737. The predicted molar refractivity (Wildman–Crippen MR) is 103 cm³/mol. The van der Waals surface area contributed by atoms with Gasteiger partial charge < -0.3 is 10.1 Å². The van der Waals surface area contributed by atoms with Gasteiger partial charge in [0.1, 0.15) is 11.8 Å². The number of imidazole rings is 1. The van der Waals surface area contributed by atoms with E-state index in [2.05, 4.69) is 25.5 Å². The number of aryl methyl sites for hydroxylation is 2. The van der Waals surface area contributed by atoms with Crippen molar-refractivity contribution in [3.8, 4) is 0 Å². The van der Waals surface area contributed by atoms with Gasteiger partial charge in [0, 0.05) is 32.5 Å². The molecule has 0 aromatic carbocycles. The van der Waals surface area contributed by atoms with Crippen molar-refractivity contribution in [2.75, 3.05) is 18.5 Å². The SMILES string of the molecule is Cc1cc2nncn2cc1Nc1ncc2c(n1)n(C1CCOCC1)c(=O)n2C. The van der Waals surface area contributed by atoms with E-state index < -0.39 is 0 Å². The Hall–Kier alpha value is -3.27. The smallest absolute Gasteiger partial charge is 0.330 e. The summed E-state index contributed by atoms with van der Waals surface area (Å²) in [7, 11) is 1.75. The second-order valence-corrected chi connectivity index (χ2v) is 7.05. The van der Waals surface area contributed by atoms with Gasteiger partial charge in [-0.15, -0.1) is 10.2 Å². The van der Waals surface area contributed by atoms with Crippen molar-refractivity contribution in [1.29, 1.82) is 0 Å². The van der Waals surface area contributed by atoms with Crippen molar-refractivity contribution in [2.24, 2.45) is 7.05 Å². The van der Waals surface area contributed by atoms with E-state index >= 15 is 0 Å². The van der Waals surface area contributed by atoms with E-state index in [1.807, 2.05) is 23.6 Å². The Morgan fingerprint density at radius 2 is 2.11 bits per heavy atom. The summed E-state index contributed by atoms with van der Waals surface area (Å²) in [5.41, 5.74) is 3.90. The van der Waals surface area contributed by atoms with Crippen LogP contribution in [0.2, 0.25) is 0 Å². The normalized spacial score (nSPS) is 15.5. The summed E-state index contributed by atoms with van der Waals surface area (Å²) in [6.07, 6.45) is 6.83. The lowest BCUT2D eigenvalue weighted by Crippen LogP contribution is -2.30. The van der Waals surface area contributed by atoms with E-state index in [0.29, 0.717) is 30.3 Å². The number of hydrogen-bond acceptors (Lipinski definition) is 7. The van der Waals surface area contributed by atoms with Crippen molar-refractivity contribution in [2.45, 2.75) is 25.8 Å². The molecule has 10 heteroatoms. The summed E-state index contributed by atoms with van der Waals surface area (Å²) in [4.78, 5) is 21.9. The van der Waals surface area contributed by atoms with Crippen LogP contribution in [0.5, 0.6) is 0 Å². The first kappa shape index (κ1) is 16.9. The predicted octanol–water partition coefficient (Wildman–Crippen LogP) is 1.58. The molecule has 4 aromatic heterocycles. The van der Waals surface area contributed by atoms with E-state index in [4.69, 9.17) is 4.74 Å². The molecule has 0 radical (unpaired) electrons. The van der Waals surface area contributed by atoms with Crippen LogP contribution in [-0.2, 0) is 11.8 Å². The Kier molecular flexibility index (Phi) is 3.86. The first-order chi connectivity index (χ1) is 13.6. The van der Waals surface area contributed by atoms with Gasteiger partial charge in [-0.25, -0.2) is 9.78 Å². The van der Waals surface area contributed by atoms with Crippen LogP contribution in [0.1, 0.15) is 24.4 Å². The monoisotopic (exact) mass is 380 g/mol. The van der Waals surface area contributed by atoms with E-state index in [0.717, 1.165) is 29.7 Å². The molecule has 0 saturated carbocycles. The van der Waals surface area contributed by atoms with Gasteiger partial charge in [0.05, 0.1) is 11.9 Å². The molecule has 5 heterocycles. The van der Waals surface area contributed by atoms with Gasteiger partial charge in [-0.2, -0.15) is 4.98 Å². The second kappa shape index (κ2) is 6.41. The average molecular weight is 380 g/mol. The van der Waals surface area contributed by atoms with Crippen LogP contribution in [-0.4, -0.2) is 46.9 Å². The molecule has 0 spiro atoms. The number of nitrogens with zero attached hydrogens (tertiary/aromatic N) is 7. The standard InChI is InChI=1S/C18H20N8O2/c1-11-7-15-23-20-10-25(15)9-13(11)21-17-19-8-14-16(22-17)26(18(27)24(14)2)12-3-5-28-6-4-12/h7-10,12H,3-6H2,1-2H3,(H,19,21,22). The third-order valence-corrected chi connectivity index (χ3v) is 5.27. The highest BCUT2D eigenvalue weighted by atomic mass is 16.5. The molecule has 10 nitrogen and oxygen atoms in total. The highest BCUT2D eigenvalue weighted by Gasteiger charge is 2.23. The number of fused-ring (bicyclic) bond motifs is 2. The number of ether oxygens (including phenoxy) is 1. The van der Waals surface area contributed by atoms with E-state index in [9.17, 15) is 4.79 Å². The van der Waals surface area contributed by atoms with Gasteiger partial charge in [0.25, 0.3) is 0 Å². The fourth-order valence-electron chi connectivity index (χ4n) is 3.69. The zero-order valence-corrected chi connectivity index (χ0v) is 15.7. The molecular formula is C18H20N8O2. The Bertz CT molecular complexity index is 1230. The molecule has 0 aliphatic carbocycles. The summed E-state index contributed by atoms with van der Waals surface area (Å²) in [6.45, 7) is 3.29. The molecule has 144 valence electrons. The number of anilines is 2. The topological polar surface area (TPSA) is 104 Å². The largest absolute Gasteiger partial charge is 0.381 e. The van der Waals surface area contributed by atoms with Gasteiger partial charge >= 0.3 is 5.69 Å². The van der Waals surface area contributed by atoms with Crippen molar-refractivity contribution in [3.63, 3.8) is 0 Å². The van der Waals surface area contributed by atoms with E-state index in [1.54, 1.807) is 28.7 Å². The van der Waals surface area contributed by atoms with Gasteiger partial charge in [0.2, 0.25) is 5.95 Å². The summed E-state index contributed by atoms with van der Waals surface area (Å²) >= 11 is 0. The lowest BCUT2D eigenvalue weighted by molar-refractivity contribution is 0.0695. The molecule has 1 aliphatic rings. The van der Waals surface area contributed by atoms with Crippen LogP contribution in [0.4, 0.5) is 11.6 Å². The van der Waals surface area contributed by atoms with Gasteiger partial charge in [-0.3, -0.25) is 13.5 Å². The number of aromatic nitrogens is 7. The third-order valence-electron chi connectivity index (χ3n) is 5.27. The molecule has 0 atom stereocenters. The number of rotatable bonds is 3. The molecule has 1 fully saturated rings. The van der Waals surface area contributed by atoms with Crippen LogP contribution < -0.4 is 11.0 Å². The summed E-state index contributed by atoms with van der Waals surface area (Å²) < 4.78 is 10.7. The molecule has 0 bridgehead atoms.